The molecule has 0 spiro atoms. The van der Waals surface area contributed by atoms with Crippen LogP contribution in [0.2, 0.25) is 0 Å². The van der Waals surface area contributed by atoms with Crippen molar-refractivity contribution in [3.8, 4) is 0 Å². The molecule has 1 aromatic rings. The van der Waals surface area contributed by atoms with E-state index in [0.717, 1.165) is 18.2 Å². The Morgan fingerprint density at radius 2 is 1.89 bits per heavy atom. The van der Waals surface area contributed by atoms with Crippen LogP contribution in [-0.2, 0) is 4.79 Å². The molecule has 0 aromatic heterocycles. The number of nitrogens with two attached hydrogens (primary N) is 1. The molecule has 1 aliphatic rings. The average Bonchev–Trinajstić information content (AvgIpc) is 3.12. The Bertz CT molecular complexity index is 412. The van der Waals surface area contributed by atoms with Crippen LogP contribution in [0.15, 0.2) is 24.3 Å². The molecule has 1 aromatic carbocycles. The van der Waals surface area contributed by atoms with Crippen LogP contribution in [0.1, 0.15) is 12.8 Å². The van der Waals surface area contributed by atoms with E-state index in [-0.39, 0.29) is 5.91 Å². The van der Waals surface area contributed by atoms with Gasteiger partial charge < -0.3 is 10.6 Å². The predicted molar refractivity (Wildman–Crippen MR) is 74.5 cm³/mol. The zero-order valence-corrected chi connectivity index (χ0v) is 11.1. The molecule has 4 heteroatoms. The van der Waals surface area contributed by atoms with Gasteiger partial charge in [0.15, 0.2) is 0 Å². The fourth-order valence-electron chi connectivity index (χ4n) is 1.98. The second kappa shape index (κ2) is 5.40. The van der Waals surface area contributed by atoms with E-state index < -0.39 is 0 Å². The Morgan fingerprint density at radius 1 is 1.28 bits per heavy atom. The van der Waals surface area contributed by atoms with Crippen molar-refractivity contribution in [2.75, 3.05) is 37.8 Å². The quantitative estimate of drug-likeness (QED) is 0.804. The highest BCUT2D eigenvalue weighted by Gasteiger charge is 2.24. The summed E-state index contributed by atoms with van der Waals surface area (Å²) in [4.78, 5) is 15.9. The predicted octanol–water partition coefficient (Wildman–Crippen LogP) is 1.57. The smallest absolute Gasteiger partial charge is 0.240 e. The maximum Gasteiger partial charge on any atom is 0.240 e. The number of hydrogen-bond acceptors (Lipinski definition) is 3. The van der Waals surface area contributed by atoms with Crippen LogP contribution in [-0.4, -0.2) is 38.0 Å². The van der Waals surface area contributed by atoms with Gasteiger partial charge in [0.2, 0.25) is 5.91 Å². The first kappa shape index (κ1) is 12.9. The van der Waals surface area contributed by atoms with Crippen molar-refractivity contribution in [2.45, 2.75) is 12.8 Å². The lowest BCUT2D eigenvalue weighted by Crippen LogP contribution is -2.37. The summed E-state index contributed by atoms with van der Waals surface area (Å²) in [7, 11) is 3.81. The maximum atomic E-state index is 12.1. The van der Waals surface area contributed by atoms with Crippen molar-refractivity contribution in [1.82, 2.24) is 4.90 Å². The molecular weight excluding hydrogens is 226 g/mol. The van der Waals surface area contributed by atoms with Crippen molar-refractivity contribution >= 4 is 17.3 Å². The summed E-state index contributed by atoms with van der Waals surface area (Å²) in [5, 5.41) is 0. The topological polar surface area (TPSA) is 49.6 Å². The first-order chi connectivity index (χ1) is 8.56. The molecular formula is C14H21N3O. The van der Waals surface area contributed by atoms with Gasteiger partial charge in [0.05, 0.1) is 6.54 Å². The molecule has 1 fully saturated rings. The first-order valence-corrected chi connectivity index (χ1v) is 6.37. The number of rotatable bonds is 5. The van der Waals surface area contributed by atoms with Crippen molar-refractivity contribution < 1.29 is 4.79 Å². The number of likely N-dealkylation sites (N-methyl/N-ethyl adjacent to an activating group) is 2. The van der Waals surface area contributed by atoms with Gasteiger partial charge in [-0.05, 0) is 50.1 Å². The van der Waals surface area contributed by atoms with Crippen LogP contribution in [0.25, 0.3) is 0 Å². The molecule has 98 valence electrons. The van der Waals surface area contributed by atoms with Crippen molar-refractivity contribution in [3.63, 3.8) is 0 Å². The van der Waals surface area contributed by atoms with Crippen LogP contribution >= 0.6 is 0 Å². The summed E-state index contributed by atoms with van der Waals surface area (Å²) in [5.41, 5.74) is 7.23. The van der Waals surface area contributed by atoms with Gasteiger partial charge in [-0.2, -0.15) is 0 Å². The van der Waals surface area contributed by atoms with Gasteiger partial charge in [0.25, 0.3) is 0 Å². The minimum absolute atomic E-state index is 0.114. The van der Waals surface area contributed by atoms with E-state index in [1.807, 2.05) is 31.3 Å². The summed E-state index contributed by atoms with van der Waals surface area (Å²) < 4.78 is 0. The molecule has 0 bridgehead atoms. The summed E-state index contributed by atoms with van der Waals surface area (Å²) in [6.07, 6.45) is 2.62. The van der Waals surface area contributed by atoms with Crippen LogP contribution in [0.5, 0.6) is 0 Å². The van der Waals surface area contributed by atoms with Gasteiger partial charge in [0, 0.05) is 25.0 Å². The fraction of sp³-hybridized carbons (Fsp3) is 0.500. The number of hydrogen-bond donors (Lipinski definition) is 1. The van der Waals surface area contributed by atoms with Crippen molar-refractivity contribution in [1.29, 1.82) is 0 Å². The number of anilines is 2. The number of amides is 1. The zero-order valence-electron chi connectivity index (χ0n) is 11.1. The van der Waals surface area contributed by atoms with Gasteiger partial charge in [-0.3, -0.25) is 9.69 Å². The largest absolute Gasteiger partial charge is 0.399 e. The van der Waals surface area contributed by atoms with Gasteiger partial charge in [-0.15, -0.1) is 0 Å². The second-order valence-electron chi connectivity index (χ2n) is 5.18. The van der Waals surface area contributed by atoms with Crippen LogP contribution < -0.4 is 10.6 Å². The normalized spacial score (nSPS) is 14.8. The fourth-order valence-corrected chi connectivity index (χ4v) is 1.98. The third-order valence-electron chi connectivity index (χ3n) is 3.33. The minimum atomic E-state index is 0.114. The molecule has 0 saturated heterocycles. The van der Waals surface area contributed by atoms with Gasteiger partial charge in [-0.1, -0.05) is 0 Å². The van der Waals surface area contributed by atoms with Crippen molar-refractivity contribution in [3.05, 3.63) is 24.3 Å². The Hall–Kier alpha value is -1.55. The van der Waals surface area contributed by atoms with Crippen LogP contribution in [0.4, 0.5) is 11.4 Å². The van der Waals surface area contributed by atoms with E-state index in [0.29, 0.717) is 12.2 Å². The standard InChI is InChI=1S/C14H21N3O/c1-16(9-11-3-4-11)10-14(18)17(2)13-7-5-12(15)6-8-13/h5-8,11H,3-4,9-10,15H2,1-2H3. The number of benzene rings is 1. The highest BCUT2D eigenvalue weighted by Crippen LogP contribution is 2.29. The second-order valence-corrected chi connectivity index (χ2v) is 5.18. The molecule has 1 saturated carbocycles. The molecule has 1 aliphatic carbocycles. The minimum Gasteiger partial charge on any atom is -0.399 e. The Balaban J connectivity index is 1.88. The molecule has 4 nitrogen and oxygen atoms in total. The lowest BCUT2D eigenvalue weighted by atomic mass is 10.2. The maximum absolute atomic E-state index is 12.1. The number of carbonyl (C=O) groups excluding carboxylic acids is 1. The molecule has 0 radical (unpaired) electrons. The number of carbonyl (C=O) groups is 1. The van der Waals surface area contributed by atoms with E-state index in [2.05, 4.69) is 4.90 Å². The van der Waals surface area contributed by atoms with E-state index in [9.17, 15) is 4.79 Å². The Labute approximate surface area is 108 Å². The molecule has 0 atom stereocenters. The van der Waals surface area contributed by atoms with Crippen molar-refractivity contribution in [2.24, 2.45) is 5.92 Å². The lowest BCUT2D eigenvalue weighted by Gasteiger charge is -2.22. The monoisotopic (exact) mass is 247 g/mol. The average molecular weight is 247 g/mol. The van der Waals surface area contributed by atoms with Crippen LogP contribution in [0, 0.1) is 5.92 Å². The van der Waals surface area contributed by atoms with E-state index >= 15 is 0 Å². The Kier molecular flexibility index (Phi) is 3.87. The van der Waals surface area contributed by atoms with E-state index in [4.69, 9.17) is 5.73 Å². The molecule has 0 unspecified atom stereocenters. The lowest BCUT2D eigenvalue weighted by molar-refractivity contribution is -0.119. The van der Waals surface area contributed by atoms with Gasteiger partial charge in [-0.25, -0.2) is 0 Å². The number of nitrogen functional groups attached to an aromatic ring is 1. The summed E-state index contributed by atoms with van der Waals surface area (Å²) in [6.45, 7) is 1.50. The summed E-state index contributed by atoms with van der Waals surface area (Å²) in [6, 6.07) is 7.36. The van der Waals surface area contributed by atoms with Gasteiger partial charge in [0.1, 0.15) is 0 Å². The summed E-state index contributed by atoms with van der Waals surface area (Å²) >= 11 is 0. The van der Waals surface area contributed by atoms with Crippen LogP contribution in [0.3, 0.4) is 0 Å². The highest BCUT2D eigenvalue weighted by atomic mass is 16.2. The molecule has 18 heavy (non-hydrogen) atoms. The zero-order chi connectivity index (χ0) is 13.1. The van der Waals surface area contributed by atoms with Gasteiger partial charge >= 0.3 is 0 Å². The molecule has 1 amide bonds. The molecule has 2 rings (SSSR count). The highest BCUT2D eigenvalue weighted by molar-refractivity contribution is 5.94. The molecule has 2 N–H and O–H groups in total. The number of nitrogens with zero attached hydrogens (tertiary/aromatic N) is 2. The third kappa shape index (κ3) is 3.47. The SMILES string of the molecule is CN(CC(=O)N(C)c1ccc(N)cc1)CC1CC1. The van der Waals surface area contributed by atoms with E-state index in [1.165, 1.54) is 12.8 Å². The Morgan fingerprint density at radius 3 is 2.44 bits per heavy atom. The summed E-state index contributed by atoms with van der Waals surface area (Å²) in [5.74, 6) is 0.924. The molecule has 0 heterocycles. The third-order valence-corrected chi connectivity index (χ3v) is 3.33. The molecule has 0 aliphatic heterocycles. The first-order valence-electron chi connectivity index (χ1n) is 6.37. The van der Waals surface area contributed by atoms with E-state index in [1.54, 1.807) is 11.9 Å².